The molecule has 0 saturated heterocycles. The van der Waals surface area contributed by atoms with Crippen LogP contribution < -0.4 is 15.6 Å². The number of fused-ring (bicyclic) bond motifs is 1. The van der Waals surface area contributed by atoms with Gasteiger partial charge in [0.1, 0.15) is 5.58 Å². The number of benzene rings is 2. The molecule has 0 radical (unpaired) electrons. The molecule has 0 aliphatic carbocycles. The van der Waals surface area contributed by atoms with E-state index in [2.05, 4.69) is 16.3 Å². The average Bonchev–Trinajstić information content (AvgIpc) is 2.75. The highest BCUT2D eigenvalue weighted by Gasteiger charge is 2.16. The molecule has 0 fully saturated rings. The number of ether oxygens (including phenoxy) is 1. The largest absolute Gasteiger partial charge is 0.450 e. The van der Waals surface area contributed by atoms with E-state index in [0.29, 0.717) is 24.1 Å². The number of hydrogen-bond donors (Lipinski definition) is 1. The Morgan fingerprint density at radius 2 is 1.84 bits per heavy atom. The van der Waals surface area contributed by atoms with Crippen molar-refractivity contribution in [3.8, 4) is 0 Å². The fourth-order valence-electron chi connectivity index (χ4n) is 3.25. The number of rotatable bonds is 8. The molecule has 3 rings (SSSR count). The SMILES string of the molecule is CCN(CCNC(=O)COC(=O)c1cc(=O)c2cc(C)ccc2o1)c1cccc(C)c1. The first-order chi connectivity index (χ1) is 14.9. The molecule has 0 spiro atoms. The maximum atomic E-state index is 12.2. The molecule has 162 valence electrons. The van der Waals surface area contributed by atoms with Crippen LogP contribution >= 0.6 is 0 Å². The number of carbonyl (C=O) groups is 2. The molecule has 7 nitrogen and oxygen atoms in total. The number of hydrogen-bond acceptors (Lipinski definition) is 6. The summed E-state index contributed by atoms with van der Waals surface area (Å²) in [6.45, 7) is 7.32. The lowest BCUT2D eigenvalue weighted by Crippen LogP contribution is -2.37. The number of esters is 1. The maximum Gasteiger partial charge on any atom is 0.374 e. The number of nitrogens with one attached hydrogen (secondary N) is 1. The van der Waals surface area contributed by atoms with Gasteiger partial charge in [0.05, 0.1) is 5.39 Å². The van der Waals surface area contributed by atoms with Crippen molar-refractivity contribution in [1.82, 2.24) is 5.32 Å². The van der Waals surface area contributed by atoms with Gasteiger partial charge in [-0.2, -0.15) is 0 Å². The van der Waals surface area contributed by atoms with Crippen molar-refractivity contribution in [2.24, 2.45) is 0 Å². The van der Waals surface area contributed by atoms with Crippen LogP contribution in [0.15, 0.2) is 57.7 Å². The van der Waals surface area contributed by atoms with Crippen molar-refractivity contribution in [3.63, 3.8) is 0 Å². The van der Waals surface area contributed by atoms with Crippen LogP contribution in [0.25, 0.3) is 11.0 Å². The summed E-state index contributed by atoms with van der Waals surface area (Å²) in [6, 6.07) is 14.3. The molecule has 1 N–H and O–H groups in total. The molecule has 0 atom stereocenters. The van der Waals surface area contributed by atoms with Crippen LogP contribution in [0.2, 0.25) is 0 Å². The van der Waals surface area contributed by atoms with E-state index in [1.165, 1.54) is 5.56 Å². The Balaban J connectivity index is 1.51. The zero-order valence-electron chi connectivity index (χ0n) is 17.9. The lowest BCUT2D eigenvalue weighted by molar-refractivity contribution is -0.124. The number of likely N-dealkylation sites (N-methyl/N-ethyl adjacent to an activating group) is 1. The first kappa shape index (κ1) is 22.1. The summed E-state index contributed by atoms with van der Waals surface area (Å²) in [5, 5.41) is 3.13. The summed E-state index contributed by atoms with van der Waals surface area (Å²) >= 11 is 0. The van der Waals surface area contributed by atoms with E-state index in [9.17, 15) is 14.4 Å². The molecular formula is C24H26N2O5. The van der Waals surface area contributed by atoms with E-state index >= 15 is 0 Å². The molecule has 0 unspecified atom stereocenters. The molecule has 0 aliphatic rings. The third kappa shape index (κ3) is 5.72. The maximum absolute atomic E-state index is 12.2. The Labute approximate surface area is 180 Å². The molecule has 3 aromatic rings. The van der Waals surface area contributed by atoms with Crippen molar-refractivity contribution < 1.29 is 18.7 Å². The molecule has 0 bridgehead atoms. The Bertz CT molecular complexity index is 1150. The summed E-state index contributed by atoms with van der Waals surface area (Å²) in [5.41, 5.74) is 3.13. The van der Waals surface area contributed by atoms with Crippen LogP contribution in [-0.2, 0) is 9.53 Å². The van der Waals surface area contributed by atoms with E-state index in [1.807, 2.05) is 39.0 Å². The Kier molecular flexibility index (Phi) is 7.07. The third-order valence-corrected chi connectivity index (χ3v) is 4.87. The summed E-state index contributed by atoms with van der Waals surface area (Å²) in [4.78, 5) is 38.6. The summed E-state index contributed by atoms with van der Waals surface area (Å²) in [5.74, 6) is -1.51. The van der Waals surface area contributed by atoms with E-state index in [-0.39, 0.29) is 11.2 Å². The monoisotopic (exact) mass is 422 g/mol. The molecule has 0 aliphatic heterocycles. The minimum absolute atomic E-state index is 0.231. The normalized spacial score (nSPS) is 10.7. The van der Waals surface area contributed by atoms with Gasteiger partial charge < -0.3 is 19.4 Å². The lowest BCUT2D eigenvalue weighted by atomic mass is 10.1. The second-order valence-corrected chi connectivity index (χ2v) is 7.32. The van der Waals surface area contributed by atoms with Gasteiger partial charge in [0.15, 0.2) is 12.0 Å². The smallest absolute Gasteiger partial charge is 0.374 e. The minimum atomic E-state index is -0.857. The molecule has 1 heterocycles. The number of carbonyl (C=O) groups excluding carboxylic acids is 2. The molecule has 2 aromatic carbocycles. The highest BCUT2D eigenvalue weighted by atomic mass is 16.5. The number of nitrogens with zero attached hydrogens (tertiary/aromatic N) is 1. The number of aryl methyl sites for hydroxylation is 2. The van der Waals surface area contributed by atoms with Crippen molar-refractivity contribution in [2.45, 2.75) is 20.8 Å². The van der Waals surface area contributed by atoms with E-state index in [1.54, 1.807) is 18.2 Å². The zero-order chi connectivity index (χ0) is 22.4. The summed E-state index contributed by atoms with van der Waals surface area (Å²) < 4.78 is 10.5. The Morgan fingerprint density at radius 1 is 1.06 bits per heavy atom. The molecule has 1 amide bonds. The van der Waals surface area contributed by atoms with Crippen LogP contribution in [0.5, 0.6) is 0 Å². The van der Waals surface area contributed by atoms with Crippen LogP contribution in [0.3, 0.4) is 0 Å². The van der Waals surface area contributed by atoms with Gasteiger partial charge in [0.2, 0.25) is 5.76 Å². The number of amides is 1. The quantitative estimate of drug-likeness (QED) is 0.561. The van der Waals surface area contributed by atoms with Gasteiger partial charge >= 0.3 is 5.97 Å². The molecular weight excluding hydrogens is 396 g/mol. The second-order valence-electron chi connectivity index (χ2n) is 7.32. The van der Waals surface area contributed by atoms with Crippen molar-refractivity contribution in [3.05, 3.63) is 75.6 Å². The molecule has 7 heteroatoms. The summed E-state index contributed by atoms with van der Waals surface area (Å²) in [7, 11) is 0. The zero-order valence-corrected chi connectivity index (χ0v) is 17.9. The molecule has 1 aromatic heterocycles. The van der Waals surface area contributed by atoms with Gasteiger partial charge in [-0.1, -0.05) is 23.8 Å². The fraction of sp³-hybridized carbons (Fsp3) is 0.292. The predicted molar refractivity (Wildman–Crippen MR) is 120 cm³/mol. The van der Waals surface area contributed by atoms with Crippen LogP contribution in [0.1, 0.15) is 28.6 Å². The van der Waals surface area contributed by atoms with Crippen LogP contribution in [-0.4, -0.2) is 38.1 Å². The third-order valence-electron chi connectivity index (χ3n) is 4.87. The van der Waals surface area contributed by atoms with Crippen molar-refractivity contribution in [1.29, 1.82) is 0 Å². The first-order valence-electron chi connectivity index (χ1n) is 10.2. The number of anilines is 1. The Morgan fingerprint density at radius 3 is 2.58 bits per heavy atom. The fourth-order valence-corrected chi connectivity index (χ4v) is 3.25. The van der Waals surface area contributed by atoms with E-state index < -0.39 is 18.5 Å². The summed E-state index contributed by atoms with van der Waals surface area (Å²) in [6.07, 6.45) is 0. The topological polar surface area (TPSA) is 88.9 Å². The highest BCUT2D eigenvalue weighted by molar-refractivity contribution is 5.90. The Hall–Kier alpha value is -3.61. The van der Waals surface area contributed by atoms with E-state index in [4.69, 9.17) is 9.15 Å². The van der Waals surface area contributed by atoms with Gasteiger partial charge in [-0.05, 0) is 50.6 Å². The van der Waals surface area contributed by atoms with Gasteiger partial charge in [-0.3, -0.25) is 9.59 Å². The van der Waals surface area contributed by atoms with Gasteiger partial charge in [-0.25, -0.2) is 4.79 Å². The standard InChI is InChI=1S/C24H26N2O5/c1-4-26(18-7-5-6-16(2)12-18)11-10-25-23(28)15-30-24(29)22-14-20(27)19-13-17(3)8-9-21(19)31-22/h5-9,12-14H,4,10-11,15H2,1-3H3,(H,25,28). The van der Waals surface area contributed by atoms with Gasteiger partial charge in [-0.15, -0.1) is 0 Å². The van der Waals surface area contributed by atoms with Crippen LogP contribution in [0.4, 0.5) is 5.69 Å². The van der Waals surface area contributed by atoms with E-state index in [0.717, 1.165) is 23.9 Å². The molecule has 0 saturated carbocycles. The van der Waals surface area contributed by atoms with Crippen molar-refractivity contribution >= 4 is 28.5 Å². The van der Waals surface area contributed by atoms with Gasteiger partial charge in [0, 0.05) is 31.4 Å². The predicted octanol–water partition coefficient (Wildman–Crippen LogP) is 3.21. The minimum Gasteiger partial charge on any atom is -0.450 e. The lowest BCUT2D eigenvalue weighted by Gasteiger charge is -2.23. The van der Waals surface area contributed by atoms with Crippen molar-refractivity contribution in [2.75, 3.05) is 31.1 Å². The highest BCUT2D eigenvalue weighted by Crippen LogP contribution is 2.16. The molecule has 31 heavy (non-hydrogen) atoms. The first-order valence-corrected chi connectivity index (χ1v) is 10.2. The van der Waals surface area contributed by atoms with Crippen LogP contribution in [0, 0.1) is 13.8 Å². The van der Waals surface area contributed by atoms with Gasteiger partial charge in [0.25, 0.3) is 5.91 Å². The second kappa shape index (κ2) is 9.93. The average molecular weight is 422 g/mol.